The van der Waals surface area contributed by atoms with E-state index in [-0.39, 0.29) is 11.7 Å². The molecule has 3 rings (SSSR count). The molecular weight excluding hydrogens is 406 g/mol. The predicted molar refractivity (Wildman–Crippen MR) is 121 cm³/mol. The van der Waals surface area contributed by atoms with Crippen LogP contribution in [0, 0.1) is 11.3 Å². The number of rotatable bonds is 6. The van der Waals surface area contributed by atoms with Crippen molar-refractivity contribution in [1.82, 2.24) is 4.98 Å². The number of pyridine rings is 1. The van der Waals surface area contributed by atoms with Gasteiger partial charge in [-0.25, -0.2) is 9.98 Å². The number of nitrogens with two attached hydrogens (primary N) is 1. The highest BCUT2D eigenvalue weighted by molar-refractivity contribution is 6.02. The number of carbonyl (C=O) groups is 1. The number of methoxy groups -OCH3 is 2. The van der Waals surface area contributed by atoms with Crippen LogP contribution in [0.5, 0.6) is 5.75 Å². The molecule has 8 nitrogen and oxygen atoms in total. The van der Waals surface area contributed by atoms with Crippen LogP contribution in [0.4, 0.5) is 5.69 Å². The molecule has 0 spiro atoms. The van der Waals surface area contributed by atoms with E-state index in [1.165, 1.54) is 19.4 Å². The lowest BCUT2D eigenvalue weighted by Crippen LogP contribution is -2.27. The molecule has 0 aliphatic rings. The van der Waals surface area contributed by atoms with Gasteiger partial charge in [-0.05, 0) is 54.4 Å². The molecule has 2 aromatic carbocycles. The van der Waals surface area contributed by atoms with Gasteiger partial charge in [-0.2, -0.15) is 5.26 Å². The summed E-state index contributed by atoms with van der Waals surface area (Å²) in [5, 5.41) is 11.7. The summed E-state index contributed by atoms with van der Waals surface area (Å²) >= 11 is 0. The minimum absolute atomic E-state index is 0.0274. The number of ether oxygens (including phenoxy) is 2. The van der Waals surface area contributed by atoms with Crippen LogP contribution >= 0.6 is 0 Å². The molecule has 32 heavy (non-hydrogen) atoms. The molecule has 3 N–H and O–H groups in total. The highest BCUT2D eigenvalue weighted by atomic mass is 16.5. The summed E-state index contributed by atoms with van der Waals surface area (Å²) in [4.78, 5) is 21.2. The molecule has 1 heterocycles. The lowest BCUT2D eigenvalue weighted by atomic mass is 9.85. The normalized spacial score (nSPS) is 12.9. The zero-order valence-corrected chi connectivity index (χ0v) is 18.0. The van der Waals surface area contributed by atoms with Gasteiger partial charge in [0.05, 0.1) is 19.8 Å². The molecule has 0 bridgehead atoms. The van der Waals surface area contributed by atoms with Gasteiger partial charge in [0.25, 0.3) is 11.9 Å². The van der Waals surface area contributed by atoms with Gasteiger partial charge in [0.15, 0.2) is 0 Å². The zero-order valence-electron chi connectivity index (χ0n) is 18.0. The third kappa shape index (κ3) is 4.84. The molecule has 0 aliphatic heterocycles. The fourth-order valence-corrected chi connectivity index (χ4v) is 3.17. The Labute approximate surface area is 186 Å². The van der Waals surface area contributed by atoms with Crippen molar-refractivity contribution in [2.45, 2.75) is 12.5 Å². The van der Waals surface area contributed by atoms with E-state index >= 15 is 0 Å². The van der Waals surface area contributed by atoms with E-state index in [0.29, 0.717) is 11.3 Å². The van der Waals surface area contributed by atoms with Gasteiger partial charge in [0.1, 0.15) is 23.1 Å². The molecule has 0 saturated carbocycles. The molecule has 0 radical (unpaired) electrons. The number of anilines is 1. The van der Waals surface area contributed by atoms with E-state index in [9.17, 15) is 4.79 Å². The van der Waals surface area contributed by atoms with E-state index in [1.54, 1.807) is 19.2 Å². The van der Waals surface area contributed by atoms with Crippen molar-refractivity contribution < 1.29 is 14.3 Å². The molecule has 1 atom stereocenters. The Morgan fingerprint density at radius 1 is 1.12 bits per heavy atom. The summed E-state index contributed by atoms with van der Waals surface area (Å²) in [5.41, 5.74) is 7.81. The summed E-state index contributed by atoms with van der Waals surface area (Å²) < 4.78 is 10.4. The van der Waals surface area contributed by atoms with Crippen LogP contribution in [-0.4, -0.2) is 31.1 Å². The van der Waals surface area contributed by atoms with Crippen molar-refractivity contribution >= 4 is 17.6 Å². The largest absolute Gasteiger partial charge is 0.497 e. The standard InChI is InChI=1S/C24H23N5O3/c1-24(29-23(26)32-3,17-8-10-20(31-2)11-9-17)18-5-4-6-19(13-18)28-22(30)21-12-7-16(14-25)15-27-21/h4-13,15H,1-3H3,(H2,26,29)(H,28,30). The third-order valence-corrected chi connectivity index (χ3v) is 5.00. The lowest BCUT2D eigenvalue weighted by molar-refractivity contribution is 0.102. The maximum atomic E-state index is 12.6. The van der Waals surface area contributed by atoms with E-state index < -0.39 is 11.4 Å². The summed E-state index contributed by atoms with van der Waals surface area (Å²) in [6.45, 7) is 1.91. The summed E-state index contributed by atoms with van der Waals surface area (Å²) in [5.74, 6) is 0.327. The van der Waals surface area contributed by atoms with Gasteiger partial charge in [0.2, 0.25) is 0 Å². The van der Waals surface area contributed by atoms with Gasteiger partial charge in [-0.3, -0.25) is 4.79 Å². The summed E-state index contributed by atoms with van der Waals surface area (Å²) in [6.07, 6.45) is 1.36. The first kappa shape index (κ1) is 22.3. The SMILES string of the molecule is CO/C(N)=N/C(C)(c1ccc(OC)cc1)c1cccc(NC(=O)c2ccc(C#N)cn2)c1. The van der Waals surface area contributed by atoms with Gasteiger partial charge < -0.3 is 20.5 Å². The number of aromatic nitrogens is 1. The first-order valence-electron chi connectivity index (χ1n) is 9.71. The molecule has 1 unspecified atom stereocenters. The van der Waals surface area contributed by atoms with Crippen molar-refractivity contribution in [1.29, 1.82) is 5.26 Å². The maximum absolute atomic E-state index is 12.6. The predicted octanol–water partition coefficient (Wildman–Crippen LogP) is 3.44. The quantitative estimate of drug-likeness (QED) is 0.457. The van der Waals surface area contributed by atoms with Crippen LogP contribution in [0.15, 0.2) is 71.9 Å². The molecule has 0 aliphatic carbocycles. The zero-order chi connectivity index (χ0) is 23.1. The van der Waals surface area contributed by atoms with Crippen LogP contribution in [0.2, 0.25) is 0 Å². The third-order valence-electron chi connectivity index (χ3n) is 5.00. The van der Waals surface area contributed by atoms with E-state index in [0.717, 1.165) is 16.9 Å². The molecular formula is C24H23N5O3. The highest BCUT2D eigenvalue weighted by Gasteiger charge is 2.30. The average Bonchev–Trinajstić information content (AvgIpc) is 2.84. The van der Waals surface area contributed by atoms with Crippen LogP contribution in [-0.2, 0) is 10.3 Å². The summed E-state index contributed by atoms with van der Waals surface area (Å²) in [7, 11) is 3.05. The number of nitrogens with zero attached hydrogens (tertiary/aromatic N) is 3. The second-order valence-electron chi connectivity index (χ2n) is 7.03. The molecule has 0 fully saturated rings. The highest BCUT2D eigenvalue weighted by Crippen LogP contribution is 2.35. The van der Waals surface area contributed by atoms with Crippen LogP contribution < -0.4 is 15.8 Å². The smallest absolute Gasteiger partial charge is 0.282 e. The minimum atomic E-state index is -0.889. The second kappa shape index (κ2) is 9.62. The topological polar surface area (TPSA) is 123 Å². The number of aliphatic imine (C=N–C) groups is 1. The summed E-state index contributed by atoms with van der Waals surface area (Å²) in [6, 6.07) is 19.8. The number of carbonyl (C=O) groups excluding carboxylic acids is 1. The van der Waals surface area contributed by atoms with Gasteiger partial charge in [-0.15, -0.1) is 0 Å². The fraction of sp³-hybridized carbons (Fsp3) is 0.167. The Morgan fingerprint density at radius 3 is 2.47 bits per heavy atom. The van der Waals surface area contributed by atoms with E-state index in [2.05, 4.69) is 15.3 Å². The van der Waals surface area contributed by atoms with Gasteiger partial charge >= 0.3 is 0 Å². The maximum Gasteiger partial charge on any atom is 0.282 e. The Balaban J connectivity index is 1.96. The molecule has 162 valence electrons. The van der Waals surface area contributed by atoms with Gasteiger partial charge in [0, 0.05) is 11.9 Å². The molecule has 0 saturated heterocycles. The Hall–Kier alpha value is -4.38. The van der Waals surface area contributed by atoms with E-state index in [4.69, 9.17) is 20.5 Å². The number of hydrogen-bond donors (Lipinski definition) is 2. The first-order valence-corrected chi connectivity index (χ1v) is 9.71. The number of amidine groups is 1. The fourth-order valence-electron chi connectivity index (χ4n) is 3.17. The number of nitrogens with one attached hydrogen (secondary N) is 1. The van der Waals surface area contributed by atoms with Crippen LogP contribution in [0.1, 0.15) is 34.1 Å². The molecule has 3 aromatic rings. The minimum Gasteiger partial charge on any atom is -0.497 e. The Morgan fingerprint density at radius 2 is 1.88 bits per heavy atom. The average molecular weight is 429 g/mol. The second-order valence-corrected chi connectivity index (χ2v) is 7.03. The van der Waals surface area contributed by atoms with Crippen molar-refractivity contribution in [2.75, 3.05) is 19.5 Å². The lowest BCUT2D eigenvalue weighted by Gasteiger charge is -2.27. The van der Waals surface area contributed by atoms with Crippen molar-refractivity contribution in [3.63, 3.8) is 0 Å². The Bertz CT molecular complexity index is 1170. The number of benzene rings is 2. The first-order chi connectivity index (χ1) is 15.4. The van der Waals surface area contributed by atoms with Crippen molar-refractivity contribution in [2.24, 2.45) is 10.7 Å². The number of hydrogen-bond acceptors (Lipinski definition) is 6. The number of amides is 1. The van der Waals surface area contributed by atoms with Crippen LogP contribution in [0.3, 0.4) is 0 Å². The van der Waals surface area contributed by atoms with E-state index in [1.807, 2.05) is 55.5 Å². The number of nitriles is 1. The Kier molecular flexibility index (Phi) is 6.71. The molecule has 1 amide bonds. The molecule has 8 heteroatoms. The van der Waals surface area contributed by atoms with Gasteiger partial charge in [-0.1, -0.05) is 24.3 Å². The van der Waals surface area contributed by atoms with Crippen molar-refractivity contribution in [3.8, 4) is 11.8 Å². The molecule has 1 aromatic heterocycles. The monoisotopic (exact) mass is 429 g/mol. The van der Waals surface area contributed by atoms with Crippen LogP contribution in [0.25, 0.3) is 0 Å². The van der Waals surface area contributed by atoms with Crippen molar-refractivity contribution in [3.05, 3.63) is 89.2 Å².